The first kappa shape index (κ1) is 13.6. The van der Waals surface area contributed by atoms with Gasteiger partial charge in [-0.2, -0.15) is 0 Å². The maximum Gasteiger partial charge on any atom is 0.314 e. The van der Waals surface area contributed by atoms with Crippen molar-refractivity contribution in [1.29, 1.82) is 0 Å². The second-order valence-electron chi connectivity index (χ2n) is 5.23. The zero-order valence-corrected chi connectivity index (χ0v) is 11.6. The molecule has 0 aromatic heterocycles. The standard InChI is InChI=1S/C15H19NO3/c1-10-7-8-12(14(17)16(2)3)9-13(10)19-15(18)11-5-4-6-11/h7-9,11H,4-6H2,1-3H3. The highest BCUT2D eigenvalue weighted by molar-refractivity contribution is 5.94. The normalized spacial score (nSPS) is 14.7. The summed E-state index contributed by atoms with van der Waals surface area (Å²) in [5.41, 5.74) is 1.40. The Bertz CT molecular complexity index is 504. The first-order chi connectivity index (χ1) is 8.99. The Labute approximate surface area is 113 Å². The zero-order valence-electron chi connectivity index (χ0n) is 11.6. The number of nitrogens with zero attached hydrogens (tertiary/aromatic N) is 1. The molecule has 0 saturated heterocycles. The van der Waals surface area contributed by atoms with Gasteiger partial charge in [-0.3, -0.25) is 9.59 Å². The van der Waals surface area contributed by atoms with E-state index in [-0.39, 0.29) is 17.8 Å². The van der Waals surface area contributed by atoms with Gasteiger partial charge in [0, 0.05) is 19.7 Å². The zero-order chi connectivity index (χ0) is 14.0. The monoisotopic (exact) mass is 261 g/mol. The van der Waals surface area contributed by atoms with Gasteiger partial charge in [0.05, 0.1) is 5.92 Å². The van der Waals surface area contributed by atoms with E-state index in [1.54, 1.807) is 32.3 Å². The largest absolute Gasteiger partial charge is 0.426 e. The van der Waals surface area contributed by atoms with Crippen molar-refractivity contribution in [3.05, 3.63) is 29.3 Å². The second-order valence-corrected chi connectivity index (χ2v) is 5.23. The predicted octanol–water partition coefficient (Wildman–Crippen LogP) is 2.40. The Kier molecular flexibility index (Phi) is 3.88. The first-order valence-corrected chi connectivity index (χ1v) is 6.53. The summed E-state index contributed by atoms with van der Waals surface area (Å²) in [6.07, 6.45) is 2.92. The van der Waals surface area contributed by atoms with Crippen molar-refractivity contribution in [1.82, 2.24) is 4.90 Å². The Morgan fingerprint density at radius 3 is 2.47 bits per heavy atom. The van der Waals surface area contributed by atoms with Crippen LogP contribution in [0.2, 0.25) is 0 Å². The second kappa shape index (κ2) is 5.43. The van der Waals surface area contributed by atoms with Crippen LogP contribution in [0.15, 0.2) is 18.2 Å². The Hall–Kier alpha value is -1.84. The molecule has 0 aliphatic heterocycles. The van der Waals surface area contributed by atoms with Gasteiger partial charge in [0.1, 0.15) is 5.75 Å². The molecule has 0 bridgehead atoms. The molecule has 0 atom stereocenters. The van der Waals surface area contributed by atoms with Crippen LogP contribution in [0, 0.1) is 12.8 Å². The molecule has 1 aromatic carbocycles. The molecular weight excluding hydrogens is 242 g/mol. The Morgan fingerprint density at radius 1 is 1.26 bits per heavy atom. The highest BCUT2D eigenvalue weighted by atomic mass is 16.5. The number of rotatable bonds is 3. The molecule has 1 aromatic rings. The van der Waals surface area contributed by atoms with Gasteiger partial charge in [0.2, 0.25) is 0 Å². The molecule has 1 aliphatic carbocycles. The Morgan fingerprint density at radius 2 is 1.95 bits per heavy atom. The molecule has 1 amide bonds. The minimum absolute atomic E-state index is 0.0348. The van der Waals surface area contributed by atoms with Gasteiger partial charge >= 0.3 is 5.97 Å². The lowest BCUT2D eigenvalue weighted by Crippen LogP contribution is -2.27. The van der Waals surface area contributed by atoms with Gasteiger partial charge in [0.15, 0.2) is 0 Å². The third-order valence-electron chi connectivity index (χ3n) is 3.49. The molecular formula is C15H19NO3. The lowest BCUT2D eigenvalue weighted by Gasteiger charge is -2.23. The number of carbonyl (C=O) groups is 2. The number of hydrogen-bond donors (Lipinski definition) is 0. The van der Waals surface area contributed by atoms with Crippen LogP contribution in [0.3, 0.4) is 0 Å². The van der Waals surface area contributed by atoms with Crippen molar-refractivity contribution in [3.8, 4) is 5.75 Å². The quantitative estimate of drug-likeness (QED) is 0.620. The van der Waals surface area contributed by atoms with E-state index in [1.165, 1.54) is 4.90 Å². The van der Waals surface area contributed by atoms with Gasteiger partial charge in [0.25, 0.3) is 5.91 Å². The lowest BCUT2D eigenvalue weighted by molar-refractivity contribution is -0.141. The molecule has 0 spiro atoms. The molecule has 1 saturated carbocycles. The van der Waals surface area contributed by atoms with Crippen molar-refractivity contribution in [2.75, 3.05) is 14.1 Å². The third-order valence-corrected chi connectivity index (χ3v) is 3.49. The van der Waals surface area contributed by atoms with Crippen LogP contribution < -0.4 is 4.74 Å². The number of hydrogen-bond acceptors (Lipinski definition) is 3. The molecule has 0 heterocycles. The van der Waals surface area contributed by atoms with Gasteiger partial charge in [-0.1, -0.05) is 12.5 Å². The summed E-state index contributed by atoms with van der Waals surface area (Å²) in [6, 6.07) is 5.20. The van der Waals surface area contributed by atoms with E-state index in [2.05, 4.69) is 0 Å². The molecule has 4 nitrogen and oxygen atoms in total. The molecule has 0 unspecified atom stereocenters. The minimum atomic E-state index is -0.177. The van der Waals surface area contributed by atoms with Gasteiger partial charge < -0.3 is 9.64 Å². The average Bonchev–Trinajstić information content (AvgIpc) is 2.28. The van der Waals surface area contributed by atoms with Crippen molar-refractivity contribution in [3.63, 3.8) is 0 Å². The first-order valence-electron chi connectivity index (χ1n) is 6.53. The summed E-state index contributed by atoms with van der Waals surface area (Å²) in [6.45, 7) is 1.87. The summed E-state index contributed by atoms with van der Waals surface area (Å²) in [5.74, 6) is 0.252. The van der Waals surface area contributed by atoms with Gasteiger partial charge in [-0.25, -0.2) is 0 Å². The van der Waals surface area contributed by atoms with Gasteiger partial charge in [-0.05, 0) is 37.5 Å². The predicted molar refractivity (Wildman–Crippen MR) is 72.2 cm³/mol. The number of esters is 1. The summed E-state index contributed by atoms with van der Waals surface area (Å²) >= 11 is 0. The fraction of sp³-hybridized carbons (Fsp3) is 0.467. The number of amides is 1. The van der Waals surface area contributed by atoms with Crippen molar-refractivity contribution < 1.29 is 14.3 Å². The minimum Gasteiger partial charge on any atom is -0.426 e. The number of ether oxygens (including phenoxy) is 1. The maximum atomic E-state index is 11.9. The van der Waals surface area contributed by atoms with Crippen LogP contribution in [0.1, 0.15) is 35.2 Å². The van der Waals surface area contributed by atoms with E-state index in [1.807, 2.05) is 6.92 Å². The number of aryl methyl sites for hydroxylation is 1. The van der Waals surface area contributed by atoms with E-state index in [4.69, 9.17) is 4.74 Å². The van der Waals surface area contributed by atoms with E-state index < -0.39 is 0 Å². The number of benzene rings is 1. The van der Waals surface area contributed by atoms with Crippen LogP contribution in [0.5, 0.6) is 5.75 Å². The lowest BCUT2D eigenvalue weighted by atomic mass is 9.86. The summed E-state index contributed by atoms with van der Waals surface area (Å²) < 4.78 is 5.41. The molecule has 19 heavy (non-hydrogen) atoms. The van der Waals surface area contributed by atoms with Crippen LogP contribution in [0.25, 0.3) is 0 Å². The fourth-order valence-corrected chi connectivity index (χ4v) is 1.94. The topological polar surface area (TPSA) is 46.6 Å². The smallest absolute Gasteiger partial charge is 0.314 e. The summed E-state index contributed by atoms with van der Waals surface area (Å²) in [7, 11) is 3.39. The third kappa shape index (κ3) is 2.95. The molecule has 0 radical (unpaired) electrons. The average molecular weight is 261 g/mol. The molecule has 1 fully saturated rings. The highest BCUT2D eigenvalue weighted by Gasteiger charge is 2.27. The van der Waals surface area contributed by atoms with Crippen molar-refractivity contribution in [2.45, 2.75) is 26.2 Å². The van der Waals surface area contributed by atoms with Crippen molar-refractivity contribution >= 4 is 11.9 Å². The summed E-state index contributed by atoms with van der Waals surface area (Å²) in [4.78, 5) is 25.2. The van der Waals surface area contributed by atoms with Crippen LogP contribution in [-0.4, -0.2) is 30.9 Å². The molecule has 102 valence electrons. The maximum absolute atomic E-state index is 11.9. The molecule has 0 N–H and O–H groups in total. The van der Waals surface area contributed by atoms with Crippen molar-refractivity contribution in [2.24, 2.45) is 5.92 Å². The van der Waals surface area contributed by atoms with Crippen LogP contribution >= 0.6 is 0 Å². The molecule has 4 heteroatoms. The van der Waals surface area contributed by atoms with Crippen LogP contribution in [-0.2, 0) is 4.79 Å². The Balaban J connectivity index is 2.17. The SMILES string of the molecule is Cc1ccc(C(=O)N(C)C)cc1OC(=O)C1CCC1. The molecule has 1 aliphatic rings. The molecule has 2 rings (SSSR count). The van der Waals surface area contributed by atoms with E-state index in [0.29, 0.717) is 11.3 Å². The summed E-state index contributed by atoms with van der Waals surface area (Å²) in [5, 5.41) is 0. The van der Waals surface area contributed by atoms with Gasteiger partial charge in [-0.15, -0.1) is 0 Å². The van der Waals surface area contributed by atoms with E-state index in [9.17, 15) is 9.59 Å². The van der Waals surface area contributed by atoms with E-state index >= 15 is 0 Å². The fourth-order valence-electron chi connectivity index (χ4n) is 1.94. The van der Waals surface area contributed by atoms with Crippen LogP contribution in [0.4, 0.5) is 0 Å². The van der Waals surface area contributed by atoms with E-state index in [0.717, 1.165) is 24.8 Å². The highest BCUT2D eigenvalue weighted by Crippen LogP contribution is 2.29. The number of carbonyl (C=O) groups excluding carboxylic acids is 2.